The van der Waals surface area contributed by atoms with Crippen LogP contribution in [-0.4, -0.2) is 59.6 Å². The molecule has 3 fully saturated rings. The lowest BCUT2D eigenvalue weighted by Crippen LogP contribution is -2.57. The Bertz CT molecular complexity index is 1010. The van der Waals surface area contributed by atoms with E-state index >= 15 is 0 Å². The van der Waals surface area contributed by atoms with E-state index in [-0.39, 0.29) is 23.5 Å². The molecule has 2 atom stereocenters. The largest absolute Gasteiger partial charge is 0.473 e. The average Bonchev–Trinajstić information content (AvgIpc) is 3.52. The van der Waals surface area contributed by atoms with Crippen molar-refractivity contribution in [1.82, 2.24) is 14.9 Å². The van der Waals surface area contributed by atoms with Crippen molar-refractivity contribution in [2.75, 3.05) is 33.0 Å². The number of hydrogen-bond acceptors (Lipinski definition) is 8. The second kappa shape index (κ2) is 8.83. The van der Waals surface area contributed by atoms with E-state index in [9.17, 15) is 0 Å². The van der Waals surface area contributed by atoms with Crippen LogP contribution >= 0.6 is 11.6 Å². The Kier molecular flexibility index (Phi) is 5.91. The highest BCUT2D eigenvalue weighted by atomic mass is 35.5. The van der Waals surface area contributed by atoms with Gasteiger partial charge >= 0.3 is 0 Å². The minimum absolute atomic E-state index is 0.0118. The Morgan fingerprint density at radius 1 is 1.19 bits per heavy atom. The fraction of sp³-hybridized carbons (Fsp3) is 0.522. The van der Waals surface area contributed by atoms with Crippen molar-refractivity contribution in [3.8, 4) is 23.6 Å². The lowest BCUT2D eigenvalue weighted by atomic mass is 9.85. The monoisotopic (exact) mass is 456 g/mol. The van der Waals surface area contributed by atoms with E-state index in [0.29, 0.717) is 48.0 Å². The first kappa shape index (κ1) is 21.4. The van der Waals surface area contributed by atoms with Gasteiger partial charge in [-0.1, -0.05) is 11.6 Å². The highest BCUT2D eigenvalue weighted by Crippen LogP contribution is 2.39. The molecule has 0 amide bonds. The van der Waals surface area contributed by atoms with E-state index in [4.69, 9.17) is 35.8 Å². The molecule has 9 heteroatoms. The molecule has 0 N–H and O–H groups in total. The maximum absolute atomic E-state index is 8.98. The van der Waals surface area contributed by atoms with E-state index in [2.05, 4.69) is 21.8 Å². The normalized spacial score (nSPS) is 26.2. The molecule has 2 aromatic rings. The summed E-state index contributed by atoms with van der Waals surface area (Å²) in [5.41, 5.74) is 0.541. The highest BCUT2D eigenvalue weighted by Gasteiger charge is 2.44. The van der Waals surface area contributed by atoms with Crippen LogP contribution in [0.15, 0.2) is 30.6 Å². The Labute approximate surface area is 192 Å². The van der Waals surface area contributed by atoms with Crippen molar-refractivity contribution < 1.29 is 18.9 Å². The van der Waals surface area contributed by atoms with Gasteiger partial charge in [-0.25, -0.2) is 9.97 Å². The Morgan fingerprint density at radius 2 is 1.94 bits per heavy atom. The molecular weight excluding hydrogens is 432 g/mol. The summed E-state index contributed by atoms with van der Waals surface area (Å²) in [6.07, 6.45) is 3.72. The highest BCUT2D eigenvalue weighted by molar-refractivity contribution is 6.32. The molecule has 5 rings (SSSR count). The third-order valence-electron chi connectivity index (χ3n) is 6.28. The molecule has 2 bridgehead atoms. The van der Waals surface area contributed by atoms with Crippen LogP contribution in [0.3, 0.4) is 0 Å². The summed E-state index contributed by atoms with van der Waals surface area (Å²) < 4.78 is 24.0. The third kappa shape index (κ3) is 4.81. The number of ether oxygens (including phenoxy) is 4. The van der Waals surface area contributed by atoms with Crippen LogP contribution in [0.25, 0.3) is 0 Å². The van der Waals surface area contributed by atoms with E-state index in [1.54, 1.807) is 24.3 Å². The first-order valence-electron chi connectivity index (χ1n) is 10.8. The third-order valence-corrected chi connectivity index (χ3v) is 6.57. The van der Waals surface area contributed by atoms with Crippen LogP contribution in [0.1, 0.15) is 25.3 Å². The number of fused-ring (bicyclic) bond motifs is 2. The van der Waals surface area contributed by atoms with Gasteiger partial charge in [-0.3, -0.25) is 4.90 Å². The SMILES string of the molecule is CC1(OCN2CC3COCC(C2)C3Oc2cc(Oc3ccc(C#N)cc3Cl)ncn2)CC1. The molecule has 1 saturated carbocycles. The van der Waals surface area contributed by atoms with E-state index in [0.717, 1.165) is 25.9 Å². The fourth-order valence-electron chi connectivity index (χ4n) is 4.21. The van der Waals surface area contributed by atoms with Crippen LogP contribution in [0.5, 0.6) is 17.5 Å². The zero-order valence-electron chi connectivity index (χ0n) is 17.9. The van der Waals surface area contributed by atoms with Crippen molar-refractivity contribution in [2.45, 2.75) is 31.5 Å². The standard InChI is InChI=1S/C23H25ClN4O4/c1-23(4-5-23)30-14-28-9-16-11-29-12-17(10-28)22(16)32-21-7-20(26-13-27-21)31-19-3-2-15(8-25)6-18(19)24/h2-3,6-7,13,16-17,22H,4-5,9-12,14H2,1H3. The molecule has 8 nitrogen and oxygen atoms in total. The van der Waals surface area contributed by atoms with Crippen molar-refractivity contribution in [2.24, 2.45) is 11.8 Å². The Morgan fingerprint density at radius 3 is 2.62 bits per heavy atom. The van der Waals surface area contributed by atoms with Crippen LogP contribution < -0.4 is 9.47 Å². The summed E-state index contributed by atoms with van der Waals surface area (Å²) in [5.74, 6) is 1.68. The number of nitrogens with zero attached hydrogens (tertiary/aromatic N) is 4. The summed E-state index contributed by atoms with van der Waals surface area (Å²) in [4.78, 5) is 10.8. The minimum Gasteiger partial charge on any atom is -0.473 e. The number of aromatic nitrogens is 2. The van der Waals surface area contributed by atoms with Gasteiger partial charge < -0.3 is 18.9 Å². The molecule has 2 saturated heterocycles. The van der Waals surface area contributed by atoms with Gasteiger partial charge in [0.15, 0.2) is 0 Å². The number of nitriles is 1. The summed E-state index contributed by atoms with van der Waals surface area (Å²) in [5, 5.41) is 9.32. The van der Waals surface area contributed by atoms with Gasteiger partial charge in [-0.15, -0.1) is 0 Å². The van der Waals surface area contributed by atoms with E-state index in [1.807, 2.05) is 6.07 Å². The fourth-order valence-corrected chi connectivity index (χ4v) is 4.43. The number of hydrogen-bond donors (Lipinski definition) is 0. The van der Waals surface area contributed by atoms with Crippen molar-refractivity contribution >= 4 is 11.6 Å². The Hall–Kier alpha value is -2.44. The number of halogens is 1. The molecule has 3 aliphatic rings. The summed E-state index contributed by atoms with van der Waals surface area (Å²) in [6, 6.07) is 8.55. The molecule has 0 radical (unpaired) electrons. The van der Waals surface area contributed by atoms with Crippen LogP contribution in [-0.2, 0) is 9.47 Å². The zero-order chi connectivity index (χ0) is 22.1. The maximum atomic E-state index is 8.98. The van der Waals surface area contributed by atoms with Crippen LogP contribution in [0.4, 0.5) is 0 Å². The Balaban J connectivity index is 1.24. The summed E-state index contributed by atoms with van der Waals surface area (Å²) in [7, 11) is 0. The first-order chi connectivity index (χ1) is 15.5. The topological polar surface area (TPSA) is 89.7 Å². The average molecular weight is 457 g/mol. The van der Waals surface area contributed by atoms with Crippen molar-refractivity contribution in [1.29, 1.82) is 5.26 Å². The lowest BCUT2D eigenvalue weighted by molar-refractivity contribution is -0.140. The molecule has 2 unspecified atom stereocenters. The molecule has 0 spiro atoms. The molecule has 1 aromatic carbocycles. The molecule has 1 aliphatic carbocycles. The minimum atomic E-state index is 0.0118. The maximum Gasteiger partial charge on any atom is 0.226 e. The molecule has 32 heavy (non-hydrogen) atoms. The molecule has 2 aliphatic heterocycles. The zero-order valence-corrected chi connectivity index (χ0v) is 18.6. The number of benzene rings is 1. The first-order valence-corrected chi connectivity index (χ1v) is 11.2. The summed E-state index contributed by atoms with van der Waals surface area (Å²) >= 11 is 6.21. The van der Waals surface area contributed by atoms with Gasteiger partial charge in [0.25, 0.3) is 0 Å². The molecule has 168 valence electrons. The van der Waals surface area contributed by atoms with Gasteiger partial charge in [-0.2, -0.15) is 5.26 Å². The van der Waals surface area contributed by atoms with Crippen LogP contribution in [0, 0.1) is 23.2 Å². The van der Waals surface area contributed by atoms with Gasteiger partial charge in [0.1, 0.15) is 18.2 Å². The van der Waals surface area contributed by atoms with Crippen molar-refractivity contribution in [3.05, 3.63) is 41.2 Å². The number of rotatable bonds is 7. The molecule has 1 aromatic heterocycles. The van der Waals surface area contributed by atoms with Crippen LogP contribution in [0.2, 0.25) is 5.02 Å². The van der Waals surface area contributed by atoms with Gasteiger partial charge in [-0.05, 0) is 38.0 Å². The predicted molar refractivity (Wildman–Crippen MR) is 116 cm³/mol. The second-order valence-electron chi connectivity index (χ2n) is 8.95. The van der Waals surface area contributed by atoms with Gasteiger partial charge in [0.05, 0.1) is 48.3 Å². The number of likely N-dealkylation sites (tertiary alicyclic amines) is 1. The second-order valence-corrected chi connectivity index (χ2v) is 9.36. The van der Waals surface area contributed by atoms with E-state index < -0.39 is 0 Å². The molecular formula is C23H25ClN4O4. The molecule has 3 heterocycles. The predicted octanol–water partition coefficient (Wildman–Crippen LogP) is 3.65. The van der Waals surface area contributed by atoms with Gasteiger partial charge in [0, 0.05) is 24.9 Å². The van der Waals surface area contributed by atoms with Gasteiger partial charge in [0.2, 0.25) is 11.8 Å². The summed E-state index contributed by atoms with van der Waals surface area (Å²) in [6.45, 7) is 5.88. The lowest BCUT2D eigenvalue weighted by Gasteiger charge is -2.46. The van der Waals surface area contributed by atoms with E-state index in [1.165, 1.54) is 6.33 Å². The number of piperidine rings is 1. The smallest absolute Gasteiger partial charge is 0.226 e. The van der Waals surface area contributed by atoms with Crippen molar-refractivity contribution in [3.63, 3.8) is 0 Å². The quantitative estimate of drug-likeness (QED) is 0.623.